The molecule has 2 aliphatic rings. The van der Waals surface area contributed by atoms with Gasteiger partial charge in [-0.25, -0.2) is 0 Å². The minimum absolute atomic E-state index is 0.518. The number of rotatable bonds is 6. The van der Waals surface area contributed by atoms with Crippen molar-refractivity contribution in [2.45, 2.75) is 57.2 Å². The molecule has 118 valence electrons. The van der Waals surface area contributed by atoms with Gasteiger partial charge < -0.3 is 19.9 Å². The Morgan fingerprint density at radius 2 is 2.10 bits per heavy atom. The number of nitrogens with one attached hydrogen (secondary N) is 1. The summed E-state index contributed by atoms with van der Waals surface area (Å²) in [5, 5.41) is 3.73. The summed E-state index contributed by atoms with van der Waals surface area (Å²) in [6, 6.07) is 1.22. The van der Waals surface area contributed by atoms with Gasteiger partial charge in [-0.1, -0.05) is 6.92 Å². The van der Waals surface area contributed by atoms with Crippen LogP contribution in [0.5, 0.6) is 0 Å². The first-order chi connectivity index (χ1) is 9.70. The van der Waals surface area contributed by atoms with Gasteiger partial charge in [0, 0.05) is 25.2 Å². The van der Waals surface area contributed by atoms with Gasteiger partial charge in [-0.3, -0.25) is 0 Å². The van der Waals surface area contributed by atoms with E-state index in [-0.39, 0.29) is 0 Å². The van der Waals surface area contributed by atoms with Crippen molar-refractivity contribution in [3.8, 4) is 0 Å². The van der Waals surface area contributed by atoms with Crippen LogP contribution < -0.4 is 5.32 Å². The van der Waals surface area contributed by atoms with Crippen LogP contribution in [0.2, 0.25) is 0 Å². The monoisotopic (exact) mass is 283 g/mol. The molecule has 4 nitrogen and oxygen atoms in total. The third-order valence-corrected chi connectivity index (χ3v) is 4.87. The molecule has 2 rings (SSSR count). The lowest BCUT2D eigenvalue weighted by Crippen LogP contribution is -2.52. The van der Waals surface area contributed by atoms with Crippen molar-refractivity contribution in [1.29, 1.82) is 0 Å². The Hall–Kier alpha value is -0.160. The molecule has 0 aromatic rings. The second-order valence-electron chi connectivity index (χ2n) is 6.54. The Labute approximate surface area is 124 Å². The van der Waals surface area contributed by atoms with Crippen LogP contribution in [0, 0.1) is 0 Å². The van der Waals surface area contributed by atoms with Crippen LogP contribution in [0.25, 0.3) is 0 Å². The van der Waals surface area contributed by atoms with E-state index in [4.69, 9.17) is 4.74 Å². The number of hydrogen-bond acceptors (Lipinski definition) is 4. The summed E-state index contributed by atoms with van der Waals surface area (Å²) < 4.78 is 5.79. The second-order valence-corrected chi connectivity index (χ2v) is 6.54. The minimum Gasteiger partial charge on any atom is -0.378 e. The fourth-order valence-electron chi connectivity index (χ4n) is 3.67. The minimum atomic E-state index is 0.518. The molecular formula is C16H33N3O. The lowest BCUT2D eigenvalue weighted by molar-refractivity contribution is 0.0922. The molecule has 2 aliphatic heterocycles. The van der Waals surface area contributed by atoms with Gasteiger partial charge in [0.05, 0.1) is 6.10 Å². The molecule has 2 heterocycles. The highest BCUT2D eigenvalue weighted by Gasteiger charge is 2.29. The van der Waals surface area contributed by atoms with E-state index in [1.54, 1.807) is 0 Å². The average Bonchev–Trinajstić information content (AvgIpc) is 2.88. The maximum absolute atomic E-state index is 5.79. The largest absolute Gasteiger partial charge is 0.378 e. The summed E-state index contributed by atoms with van der Waals surface area (Å²) in [4.78, 5) is 5.05. The summed E-state index contributed by atoms with van der Waals surface area (Å²) in [6.07, 6.45) is 6.77. The second kappa shape index (κ2) is 8.32. The maximum atomic E-state index is 5.79. The summed E-state index contributed by atoms with van der Waals surface area (Å²) in [7, 11) is 4.55. The van der Waals surface area contributed by atoms with Crippen molar-refractivity contribution >= 4 is 0 Å². The normalized spacial score (nSPS) is 31.4. The lowest BCUT2D eigenvalue weighted by atomic mass is 9.98. The SMILES string of the molecule is CCNC(CCC1CCCO1)C1CN(C)CCCN1C. The van der Waals surface area contributed by atoms with Crippen LogP contribution in [0.1, 0.15) is 39.0 Å². The average molecular weight is 283 g/mol. The number of hydrogen-bond donors (Lipinski definition) is 1. The Bertz CT molecular complexity index is 268. The van der Waals surface area contributed by atoms with Gasteiger partial charge in [0.15, 0.2) is 0 Å². The molecule has 1 N–H and O–H groups in total. The van der Waals surface area contributed by atoms with Gasteiger partial charge in [-0.05, 0) is 65.8 Å². The summed E-state index contributed by atoms with van der Waals surface area (Å²) in [5.74, 6) is 0. The van der Waals surface area contributed by atoms with Gasteiger partial charge in [0.25, 0.3) is 0 Å². The molecular weight excluding hydrogens is 250 g/mol. The first-order valence-electron chi connectivity index (χ1n) is 8.44. The lowest BCUT2D eigenvalue weighted by Gasteiger charge is -2.35. The van der Waals surface area contributed by atoms with Crippen molar-refractivity contribution in [1.82, 2.24) is 15.1 Å². The molecule has 3 atom stereocenters. The number of likely N-dealkylation sites (N-methyl/N-ethyl adjacent to an activating group) is 3. The van der Waals surface area contributed by atoms with E-state index >= 15 is 0 Å². The first-order valence-corrected chi connectivity index (χ1v) is 8.44. The molecule has 0 aliphatic carbocycles. The smallest absolute Gasteiger partial charge is 0.0576 e. The topological polar surface area (TPSA) is 27.7 Å². The predicted molar refractivity (Wildman–Crippen MR) is 84.2 cm³/mol. The van der Waals surface area contributed by atoms with Gasteiger partial charge in [-0.2, -0.15) is 0 Å². The zero-order valence-electron chi connectivity index (χ0n) is 13.6. The predicted octanol–water partition coefficient (Wildman–Crippen LogP) is 1.56. The summed E-state index contributed by atoms with van der Waals surface area (Å²) in [5.41, 5.74) is 0. The van der Waals surface area contributed by atoms with E-state index in [2.05, 4.69) is 36.1 Å². The van der Waals surface area contributed by atoms with E-state index in [0.29, 0.717) is 18.2 Å². The van der Waals surface area contributed by atoms with Crippen molar-refractivity contribution in [3.05, 3.63) is 0 Å². The fourth-order valence-corrected chi connectivity index (χ4v) is 3.67. The van der Waals surface area contributed by atoms with Crippen molar-refractivity contribution in [2.24, 2.45) is 0 Å². The van der Waals surface area contributed by atoms with E-state index in [1.807, 2.05) is 0 Å². The van der Waals surface area contributed by atoms with Gasteiger partial charge in [-0.15, -0.1) is 0 Å². The van der Waals surface area contributed by atoms with Crippen LogP contribution in [0.3, 0.4) is 0 Å². The van der Waals surface area contributed by atoms with E-state index in [1.165, 1.54) is 51.7 Å². The van der Waals surface area contributed by atoms with Crippen LogP contribution in [-0.2, 0) is 4.74 Å². The highest BCUT2D eigenvalue weighted by Crippen LogP contribution is 2.20. The standard InChI is InChI=1S/C16H33N3O/c1-4-17-15(9-8-14-7-5-12-20-14)16-13-18(2)10-6-11-19(16)3/h14-17H,4-13H2,1-3H3. The summed E-state index contributed by atoms with van der Waals surface area (Å²) in [6.45, 7) is 7.88. The van der Waals surface area contributed by atoms with Crippen LogP contribution >= 0.6 is 0 Å². The Balaban J connectivity index is 1.90. The molecule has 0 radical (unpaired) electrons. The van der Waals surface area contributed by atoms with Crippen LogP contribution in [-0.4, -0.2) is 74.9 Å². The molecule has 20 heavy (non-hydrogen) atoms. The first kappa shape index (κ1) is 16.2. The Morgan fingerprint density at radius 1 is 1.25 bits per heavy atom. The van der Waals surface area contributed by atoms with Crippen LogP contribution in [0.15, 0.2) is 0 Å². The number of nitrogens with zero attached hydrogens (tertiary/aromatic N) is 2. The summed E-state index contributed by atoms with van der Waals surface area (Å²) >= 11 is 0. The zero-order chi connectivity index (χ0) is 14.4. The third kappa shape index (κ3) is 4.69. The molecule has 0 spiro atoms. The maximum Gasteiger partial charge on any atom is 0.0576 e. The van der Waals surface area contributed by atoms with Crippen molar-refractivity contribution in [3.63, 3.8) is 0 Å². The van der Waals surface area contributed by atoms with E-state index in [9.17, 15) is 0 Å². The number of ether oxygens (including phenoxy) is 1. The molecule has 4 heteroatoms. The van der Waals surface area contributed by atoms with Crippen LogP contribution in [0.4, 0.5) is 0 Å². The highest BCUT2D eigenvalue weighted by atomic mass is 16.5. The van der Waals surface area contributed by atoms with Crippen molar-refractivity contribution in [2.75, 3.05) is 46.9 Å². The molecule has 0 saturated carbocycles. The molecule has 3 unspecified atom stereocenters. The quantitative estimate of drug-likeness (QED) is 0.801. The van der Waals surface area contributed by atoms with Gasteiger partial charge >= 0.3 is 0 Å². The van der Waals surface area contributed by atoms with Gasteiger partial charge in [0.1, 0.15) is 0 Å². The molecule has 0 aromatic carbocycles. The molecule has 2 saturated heterocycles. The molecule has 0 bridgehead atoms. The van der Waals surface area contributed by atoms with E-state index < -0.39 is 0 Å². The fraction of sp³-hybridized carbons (Fsp3) is 1.00. The molecule has 2 fully saturated rings. The Morgan fingerprint density at radius 3 is 2.80 bits per heavy atom. The van der Waals surface area contributed by atoms with E-state index in [0.717, 1.165) is 13.2 Å². The molecule has 0 amide bonds. The zero-order valence-corrected chi connectivity index (χ0v) is 13.6. The van der Waals surface area contributed by atoms with Gasteiger partial charge in [0.2, 0.25) is 0 Å². The third-order valence-electron chi connectivity index (χ3n) is 4.87. The highest BCUT2D eigenvalue weighted by molar-refractivity contribution is 4.88. The van der Waals surface area contributed by atoms with Crippen molar-refractivity contribution < 1.29 is 4.74 Å². The Kier molecular flexibility index (Phi) is 6.75. The molecule has 0 aromatic heterocycles.